The van der Waals surface area contributed by atoms with Gasteiger partial charge in [0.1, 0.15) is 4.60 Å². The van der Waals surface area contributed by atoms with Crippen LogP contribution in [-0.4, -0.2) is 10.5 Å². The summed E-state index contributed by atoms with van der Waals surface area (Å²) in [5.41, 5.74) is 3.27. The second-order valence-electron chi connectivity index (χ2n) is 1.51. The Hall–Kier alpha value is -0.730. The molecule has 0 aliphatic rings. The van der Waals surface area contributed by atoms with Crippen molar-refractivity contribution in [3.8, 4) is 0 Å². The van der Waals surface area contributed by atoms with E-state index in [-0.39, 0.29) is 5.48 Å². The van der Waals surface area contributed by atoms with Gasteiger partial charge in [0.15, 0.2) is 0 Å². The fourth-order valence-corrected chi connectivity index (χ4v) is 0.696. The minimum absolute atomic E-state index is 0. The smallest absolute Gasteiger partial charge is 0.106 e. The van der Waals surface area contributed by atoms with E-state index in [4.69, 9.17) is 5.84 Å². The Kier molecular flexibility index (Phi) is 9.65. The molecule has 9 N–H and O–H groups in total. The Morgan fingerprint density at radius 3 is 2.25 bits per heavy atom. The summed E-state index contributed by atoms with van der Waals surface area (Å²) in [6.45, 7) is 0. The first kappa shape index (κ1) is 13.8. The molecule has 7 heteroatoms. The number of nitrogens with one attached hydrogen (secondary N) is 1. The number of nitrogen functional groups attached to an aromatic ring is 1. The third-order valence-electron chi connectivity index (χ3n) is 0.894. The number of rotatable bonds is 1. The zero-order valence-corrected chi connectivity index (χ0v) is 7.88. The molecule has 1 aromatic rings. The molecule has 0 saturated carbocycles. The maximum atomic E-state index is 5.09. The summed E-state index contributed by atoms with van der Waals surface area (Å²) in [6, 6.07) is 3.65. The van der Waals surface area contributed by atoms with Gasteiger partial charge in [0.2, 0.25) is 0 Å². The molecule has 12 heavy (non-hydrogen) atoms. The monoisotopic (exact) mass is 237 g/mol. The number of hydrazine groups is 2. The molecular formula is C5H12BrN5O. The summed E-state index contributed by atoms with van der Waals surface area (Å²) in [6.07, 6.45) is 1.64. The number of nitrogens with zero attached hydrogens (tertiary/aromatic N) is 1. The summed E-state index contributed by atoms with van der Waals surface area (Å²) in [5, 5.41) is 0. The maximum Gasteiger partial charge on any atom is 0.106 e. The van der Waals surface area contributed by atoms with Crippen molar-refractivity contribution in [3.63, 3.8) is 0 Å². The molecule has 0 saturated heterocycles. The van der Waals surface area contributed by atoms with Gasteiger partial charge in [-0.3, -0.25) is 17.5 Å². The number of nitrogens with two attached hydrogens (primary N) is 3. The third-order valence-corrected chi connectivity index (χ3v) is 1.36. The first-order chi connectivity index (χ1) is 5.33. The Labute approximate surface area is 78.5 Å². The normalized spacial score (nSPS) is 7.33. The third kappa shape index (κ3) is 4.99. The van der Waals surface area contributed by atoms with Crippen LogP contribution in [-0.2, 0) is 0 Å². The van der Waals surface area contributed by atoms with Gasteiger partial charge in [0.25, 0.3) is 0 Å². The zero-order chi connectivity index (χ0) is 8.69. The topological polar surface area (TPSA) is 134 Å². The Balaban J connectivity index is 0. The minimum Gasteiger partial charge on any atom is -0.412 e. The Morgan fingerprint density at radius 1 is 1.33 bits per heavy atom. The fourth-order valence-electron chi connectivity index (χ4n) is 0.461. The molecule has 6 nitrogen and oxygen atoms in total. The van der Waals surface area contributed by atoms with E-state index >= 15 is 0 Å². The van der Waals surface area contributed by atoms with E-state index in [1.807, 2.05) is 12.1 Å². The van der Waals surface area contributed by atoms with E-state index in [1.54, 1.807) is 6.20 Å². The van der Waals surface area contributed by atoms with E-state index < -0.39 is 0 Å². The molecule has 0 atom stereocenters. The second-order valence-corrected chi connectivity index (χ2v) is 2.33. The molecule has 0 amide bonds. The second kappa shape index (κ2) is 8.37. The van der Waals surface area contributed by atoms with Gasteiger partial charge < -0.3 is 10.9 Å². The predicted octanol–water partition coefficient (Wildman–Crippen LogP) is -0.876. The molecule has 0 aromatic carbocycles. The number of pyridine rings is 1. The highest BCUT2D eigenvalue weighted by atomic mass is 79.9. The average molecular weight is 238 g/mol. The largest absolute Gasteiger partial charge is 0.412 e. The van der Waals surface area contributed by atoms with Gasteiger partial charge in [-0.1, -0.05) is 0 Å². The number of aromatic nitrogens is 1. The van der Waals surface area contributed by atoms with Gasteiger partial charge in [-0.15, -0.1) is 0 Å². The zero-order valence-electron chi connectivity index (χ0n) is 6.29. The van der Waals surface area contributed by atoms with Crippen molar-refractivity contribution in [1.82, 2.24) is 4.98 Å². The van der Waals surface area contributed by atoms with Crippen molar-refractivity contribution in [1.29, 1.82) is 0 Å². The molecule has 1 rings (SSSR count). The molecule has 1 heterocycles. The van der Waals surface area contributed by atoms with Crippen LogP contribution in [0.3, 0.4) is 0 Å². The van der Waals surface area contributed by atoms with Crippen LogP contribution in [0.1, 0.15) is 0 Å². The Bertz CT molecular complexity index is 192. The first-order valence-electron chi connectivity index (χ1n) is 2.74. The molecular weight excluding hydrogens is 226 g/mol. The van der Waals surface area contributed by atoms with Crippen molar-refractivity contribution in [2.24, 2.45) is 17.5 Å². The van der Waals surface area contributed by atoms with Crippen LogP contribution in [0.2, 0.25) is 0 Å². The van der Waals surface area contributed by atoms with Crippen LogP contribution in [0.4, 0.5) is 5.69 Å². The highest BCUT2D eigenvalue weighted by Crippen LogP contribution is 2.08. The van der Waals surface area contributed by atoms with Gasteiger partial charge in [-0.2, -0.15) is 0 Å². The van der Waals surface area contributed by atoms with Gasteiger partial charge in [0.05, 0.1) is 11.9 Å². The molecule has 0 spiro atoms. The van der Waals surface area contributed by atoms with Crippen molar-refractivity contribution in [2.45, 2.75) is 0 Å². The maximum absolute atomic E-state index is 5.09. The average Bonchev–Trinajstić information content (AvgIpc) is 2.10. The molecule has 0 bridgehead atoms. The van der Waals surface area contributed by atoms with Crippen molar-refractivity contribution < 1.29 is 5.48 Å². The lowest BCUT2D eigenvalue weighted by Gasteiger charge is -1.95. The SMILES string of the molecule is NN.NNc1ccc(Br)nc1.O. The Morgan fingerprint density at radius 2 is 1.92 bits per heavy atom. The van der Waals surface area contributed by atoms with Crippen LogP contribution in [0.25, 0.3) is 0 Å². The lowest BCUT2D eigenvalue weighted by molar-refractivity contribution is 0.824. The van der Waals surface area contributed by atoms with Crippen LogP contribution in [0, 0.1) is 0 Å². The predicted molar refractivity (Wildman–Crippen MR) is 51.7 cm³/mol. The van der Waals surface area contributed by atoms with Gasteiger partial charge >= 0.3 is 0 Å². The van der Waals surface area contributed by atoms with Crippen molar-refractivity contribution >= 4 is 21.6 Å². The fraction of sp³-hybridized carbons (Fsp3) is 0. The summed E-state index contributed by atoms with van der Waals surface area (Å²) in [4.78, 5) is 3.92. The number of hydrogen-bond donors (Lipinski definition) is 4. The molecule has 1 aromatic heterocycles. The van der Waals surface area contributed by atoms with Crippen molar-refractivity contribution in [2.75, 3.05) is 5.43 Å². The summed E-state index contributed by atoms with van der Waals surface area (Å²) >= 11 is 3.19. The van der Waals surface area contributed by atoms with Crippen LogP contribution in [0.5, 0.6) is 0 Å². The first-order valence-corrected chi connectivity index (χ1v) is 3.54. The molecule has 0 radical (unpaired) electrons. The summed E-state index contributed by atoms with van der Waals surface area (Å²) in [5.74, 6) is 13.1. The van der Waals surface area contributed by atoms with Gasteiger partial charge in [0, 0.05) is 0 Å². The number of hydrogen-bond acceptors (Lipinski definition) is 5. The molecule has 0 unspecified atom stereocenters. The summed E-state index contributed by atoms with van der Waals surface area (Å²) < 4.78 is 0.807. The van der Waals surface area contributed by atoms with Gasteiger partial charge in [-0.05, 0) is 28.1 Å². The van der Waals surface area contributed by atoms with E-state index in [0.717, 1.165) is 10.3 Å². The van der Waals surface area contributed by atoms with Gasteiger partial charge in [-0.25, -0.2) is 4.98 Å². The number of halogens is 1. The standard InChI is InChI=1S/C5H6BrN3.H4N2.H2O/c6-5-2-1-4(9-7)3-8-5;1-2;/h1-3,9H,7H2;1-2H2;1H2. The van der Waals surface area contributed by atoms with Crippen LogP contribution < -0.4 is 23.0 Å². The van der Waals surface area contributed by atoms with E-state index in [1.165, 1.54) is 0 Å². The highest BCUT2D eigenvalue weighted by molar-refractivity contribution is 9.10. The van der Waals surface area contributed by atoms with Crippen molar-refractivity contribution in [3.05, 3.63) is 22.9 Å². The van der Waals surface area contributed by atoms with Crippen LogP contribution in [0.15, 0.2) is 22.9 Å². The van der Waals surface area contributed by atoms with E-state index in [0.29, 0.717) is 0 Å². The highest BCUT2D eigenvalue weighted by Gasteiger charge is 1.86. The summed E-state index contributed by atoms with van der Waals surface area (Å²) in [7, 11) is 0. The van der Waals surface area contributed by atoms with E-state index in [2.05, 4.69) is 38.0 Å². The van der Waals surface area contributed by atoms with E-state index in [9.17, 15) is 0 Å². The molecule has 0 aliphatic carbocycles. The molecule has 0 fully saturated rings. The number of anilines is 1. The molecule has 70 valence electrons. The lowest BCUT2D eigenvalue weighted by Crippen LogP contribution is -2.06. The van der Waals surface area contributed by atoms with Crippen LogP contribution >= 0.6 is 15.9 Å². The lowest BCUT2D eigenvalue weighted by atomic mass is 10.4. The molecule has 0 aliphatic heterocycles. The quantitative estimate of drug-likeness (QED) is 0.286. The minimum atomic E-state index is 0.